The number of methoxy groups -OCH3 is 1. The number of hydrogen-bond acceptors (Lipinski definition) is 4. The maximum Gasteiger partial charge on any atom is 0.522 e. The predicted molar refractivity (Wildman–Crippen MR) is 67.3 cm³/mol. The van der Waals surface area contributed by atoms with Crippen LogP contribution in [0.3, 0.4) is 0 Å². The van der Waals surface area contributed by atoms with Gasteiger partial charge in [-0.3, -0.25) is 9.42 Å². The van der Waals surface area contributed by atoms with Gasteiger partial charge < -0.3 is 10.1 Å². The van der Waals surface area contributed by atoms with Gasteiger partial charge in [-0.15, -0.1) is 13.2 Å². The van der Waals surface area contributed by atoms with Crippen molar-refractivity contribution in [3.05, 3.63) is 17.0 Å². The highest BCUT2D eigenvalue weighted by molar-refractivity contribution is 5.24. The summed E-state index contributed by atoms with van der Waals surface area (Å²) in [5.74, 6) is 0. The van der Waals surface area contributed by atoms with Crippen molar-refractivity contribution in [3.8, 4) is 0 Å². The van der Waals surface area contributed by atoms with Crippen LogP contribution in [-0.4, -0.2) is 43.0 Å². The van der Waals surface area contributed by atoms with E-state index in [4.69, 9.17) is 4.74 Å². The van der Waals surface area contributed by atoms with Crippen LogP contribution in [0.2, 0.25) is 0 Å². The second-order valence-electron chi connectivity index (χ2n) is 4.34. The minimum atomic E-state index is -4.60. The molecular formula is C12H20F3N3O2. The zero-order valence-corrected chi connectivity index (χ0v) is 11.9. The maximum atomic E-state index is 11.9. The van der Waals surface area contributed by atoms with Gasteiger partial charge in [0.2, 0.25) is 0 Å². The molecule has 1 heterocycles. The largest absolute Gasteiger partial charge is 0.522 e. The average Bonchev–Trinajstić information content (AvgIpc) is 2.60. The Morgan fingerprint density at radius 2 is 1.95 bits per heavy atom. The van der Waals surface area contributed by atoms with Crippen LogP contribution in [-0.2, 0) is 22.6 Å². The van der Waals surface area contributed by atoms with E-state index in [0.29, 0.717) is 19.7 Å². The normalized spacial score (nSPS) is 12.1. The van der Waals surface area contributed by atoms with Crippen LogP contribution in [0.1, 0.15) is 17.0 Å². The molecule has 1 N–H and O–H groups in total. The first kappa shape index (κ1) is 16.9. The van der Waals surface area contributed by atoms with E-state index >= 15 is 0 Å². The number of halogens is 3. The van der Waals surface area contributed by atoms with Crippen LogP contribution in [0.15, 0.2) is 0 Å². The second kappa shape index (κ2) is 7.61. The summed E-state index contributed by atoms with van der Waals surface area (Å²) < 4.78 is 45.9. The quantitative estimate of drug-likeness (QED) is 0.743. The Hall–Kier alpha value is -1.12. The van der Waals surface area contributed by atoms with Gasteiger partial charge in [0.1, 0.15) is 0 Å². The summed E-state index contributed by atoms with van der Waals surface area (Å²) in [7, 11) is 1.62. The zero-order valence-electron chi connectivity index (χ0n) is 11.9. The maximum absolute atomic E-state index is 11.9. The Balaban J connectivity index is 2.53. The van der Waals surface area contributed by atoms with E-state index in [9.17, 15) is 13.2 Å². The Morgan fingerprint density at radius 3 is 2.55 bits per heavy atom. The van der Waals surface area contributed by atoms with Crippen molar-refractivity contribution >= 4 is 0 Å². The fourth-order valence-corrected chi connectivity index (χ4v) is 1.84. The predicted octanol–water partition coefficient (Wildman–Crippen LogP) is 1.77. The summed E-state index contributed by atoms with van der Waals surface area (Å²) in [6.45, 7) is 5.22. The van der Waals surface area contributed by atoms with Crippen molar-refractivity contribution in [2.45, 2.75) is 33.3 Å². The fourth-order valence-electron chi connectivity index (χ4n) is 1.84. The molecule has 0 aliphatic rings. The number of ether oxygens (including phenoxy) is 2. The third-order valence-corrected chi connectivity index (χ3v) is 2.88. The molecule has 0 bridgehead atoms. The SMILES string of the molecule is COCCNCc1c(C)nn(CCOC(F)(F)F)c1C. The number of aromatic nitrogens is 2. The molecule has 20 heavy (non-hydrogen) atoms. The molecule has 0 aliphatic heterocycles. The average molecular weight is 295 g/mol. The number of aryl methyl sites for hydroxylation is 1. The van der Waals surface area contributed by atoms with Crippen molar-refractivity contribution in [1.29, 1.82) is 0 Å². The van der Waals surface area contributed by atoms with Gasteiger partial charge in [-0.25, -0.2) is 0 Å². The molecule has 0 fully saturated rings. The summed E-state index contributed by atoms with van der Waals surface area (Å²) in [5.41, 5.74) is 2.64. The summed E-state index contributed by atoms with van der Waals surface area (Å²) >= 11 is 0. The highest BCUT2D eigenvalue weighted by Crippen LogP contribution is 2.17. The van der Waals surface area contributed by atoms with Crippen LogP contribution in [0, 0.1) is 13.8 Å². The van der Waals surface area contributed by atoms with E-state index in [1.54, 1.807) is 7.11 Å². The monoisotopic (exact) mass is 295 g/mol. The van der Waals surface area contributed by atoms with Crippen molar-refractivity contribution in [3.63, 3.8) is 0 Å². The minimum absolute atomic E-state index is 0.0737. The van der Waals surface area contributed by atoms with Crippen molar-refractivity contribution in [2.75, 3.05) is 26.9 Å². The lowest BCUT2D eigenvalue weighted by atomic mass is 10.2. The second-order valence-corrected chi connectivity index (χ2v) is 4.34. The third-order valence-electron chi connectivity index (χ3n) is 2.88. The molecule has 0 aromatic carbocycles. The van der Waals surface area contributed by atoms with E-state index in [1.807, 2.05) is 13.8 Å². The van der Waals surface area contributed by atoms with Crippen molar-refractivity contribution in [2.24, 2.45) is 0 Å². The summed E-state index contributed by atoms with van der Waals surface area (Å²) in [6.07, 6.45) is -4.60. The highest BCUT2D eigenvalue weighted by atomic mass is 19.4. The van der Waals surface area contributed by atoms with Crippen LogP contribution >= 0.6 is 0 Å². The van der Waals surface area contributed by atoms with Gasteiger partial charge in [0, 0.05) is 31.5 Å². The number of hydrogen-bond donors (Lipinski definition) is 1. The topological polar surface area (TPSA) is 48.3 Å². The highest BCUT2D eigenvalue weighted by Gasteiger charge is 2.28. The van der Waals surface area contributed by atoms with Crippen LogP contribution in [0.25, 0.3) is 0 Å². The molecule has 8 heteroatoms. The third kappa shape index (κ3) is 5.48. The molecule has 0 aliphatic carbocycles. The molecule has 0 atom stereocenters. The molecule has 0 saturated heterocycles. The molecule has 0 saturated carbocycles. The Morgan fingerprint density at radius 1 is 1.25 bits per heavy atom. The van der Waals surface area contributed by atoms with Crippen LogP contribution < -0.4 is 5.32 Å². The van der Waals surface area contributed by atoms with Crippen LogP contribution in [0.5, 0.6) is 0 Å². The lowest BCUT2D eigenvalue weighted by Crippen LogP contribution is -2.20. The molecule has 0 unspecified atom stereocenters. The molecule has 5 nitrogen and oxygen atoms in total. The first-order valence-corrected chi connectivity index (χ1v) is 6.28. The Kier molecular flexibility index (Phi) is 6.44. The molecular weight excluding hydrogens is 275 g/mol. The van der Waals surface area contributed by atoms with Crippen LogP contribution in [0.4, 0.5) is 13.2 Å². The zero-order chi connectivity index (χ0) is 15.2. The van der Waals surface area contributed by atoms with Gasteiger partial charge in [0.25, 0.3) is 0 Å². The summed E-state index contributed by atoms with van der Waals surface area (Å²) in [6, 6.07) is 0. The van der Waals surface area contributed by atoms with Gasteiger partial charge in [-0.05, 0) is 13.8 Å². The number of nitrogens with one attached hydrogen (secondary N) is 1. The molecule has 0 spiro atoms. The smallest absolute Gasteiger partial charge is 0.383 e. The summed E-state index contributed by atoms with van der Waals surface area (Å²) in [5, 5.41) is 7.42. The molecule has 0 radical (unpaired) electrons. The van der Waals surface area contributed by atoms with Gasteiger partial charge in [0.15, 0.2) is 0 Å². The molecule has 1 aromatic rings. The molecule has 1 rings (SSSR count). The lowest BCUT2D eigenvalue weighted by Gasteiger charge is -2.09. The van der Waals surface area contributed by atoms with Crippen molar-refractivity contribution < 1.29 is 22.6 Å². The standard InChI is InChI=1S/C12H20F3N3O2/c1-9-11(8-16-4-6-19-3)10(2)18(17-9)5-7-20-12(13,14)15/h16H,4-8H2,1-3H3. The Bertz CT molecular complexity index is 419. The van der Waals surface area contributed by atoms with E-state index in [-0.39, 0.29) is 6.54 Å². The molecule has 1 aromatic heterocycles. The fraction of sp³-hybridized carbons (Fsp3) is 0.750. The number of alkyl halides is 3. The molecule has 116 valence electrons. The summed E-state index contributed by atoms with van der Waals surface area (Å²) in [4.78, 5) is 0. The van der Waals surface area contributed by atoms with Gasteiger partial charge in [-0.1, -0.05) is 0 Å². The van der Waals surface area contributed by atoms with Crippen molar-refractivity contribution in [1.82, 2.24) is 15.1 Å². The van der Waals surface area contributed by atoms with Gasteiger partial charge >= 0.3 is 6.36 Å². The Labute approximate surface area is 116 Å². The van der Waals surface area contributed by atoms with Gasteiger partial charge in [-0.2, -0.15) is 5.10 Å². The first-order valence-electron chi connectivity index (χ1n) is 6.28. The lowest BCUT2D eigenvalue weighted by molar-refractivity contribution is -0.325. The minimum Gasteiger partial charge on any atom is -0.383 e. The van der Waals surface area contributed by atoms with E-state index in [0.717, 1.165) is 17.0 Å². The number of nitrogens with zero attached hydrogens (tertiary/aromatic N) is 2. The van der Waals surface area contributed by atoms with E-state index < -0.39 is 13.0 Å². The number of rotatable bonds is 8. The first-order chi connectivity index (χ1) is 9.35. The van der Waals surface area contributed by atoms with E-state index in [2.05, 4.69) is 15.2 Å². The van der Waals surface area contributed by atoms with Gasteiger partial charge in [0.05, 0.1) is 25.5 Å². The molecule has 0 amide bonds. The van der Waals surface area contributed by atoms with E-state index in [1.165, 1.54) is 4.68 Å².